The van der Waals surface area contributed by atoms with E-state index in [-0.39, 0.29) is 23.4 Å². The molecule has 0 saturated heterocycles. The third-order valence-electron chi connectivity index (χ3n) is 5.03. The van der Waals surface area contributed by atoms with Crippen LogP contribution in [0.4, 0.5) is 22.0 Å². The molecule has 3 aromatic carbocycles. The molecule has 0 fully saturated rings. The number of rotatable bonds is 5. The lowest BCUT2D eigenvalue weighted by molar-refractivity contribution is -0.137. The van der Waals surface area contributed by atoms with Crippen LogP contribution >= 0.6 is 0 Å². The first kappa shape index (κ1) is 22.2. The summed E-state index contributed by atoms with van der Waals surface area (Å²) in [5, 5.41) is 2.44. The molecule has 0 saturated carbocycles. The van der Waals surface area contributed by atoms with E-state index in [1.165, 1.54) is 53.5 Å². The summed E-state index contributed by atoms with van der Waals surface area (Å²) < 4.78 is 69.3. The van der Waals surface area contributed by atoms with E-state index < -0.39 is 29.3 Å². The van der Waals surface area contributed by atoms with Gasteiger partial charge >= 0.3 is 6.18 Å². The van der Waals surface area contributed by atoms with E-state index in [1.54, 1.807) is 12.1 Å². The highest BCUT2D eigenvalue weighted by Crippen LogP contribution is 2.37. The molecule has 0 radical (unpaired) electrons. The van der Waals surface area contributed by atoms with Crippen LogP contribution in [0.1, 0.15) is 21.6 Å². The Morgan fingerprint density at radius 2 is 1.64 bits per heavy atom. The highest BCUT2D eigenvalue weighted by Gasteiger charge is 2.33. The first-order valence-electron chi connectivity index (χ1n) is 9.76. The number of imidazole rings is 1. The monoisotopic (exact) mass is 457 g/mol. The van der Waals surface area contributed by atoms with Gasteiger partial charge < -0.3 is 5.32 Å². The molecule has 168 valence electrons. The minimum absolute atomic E-state index is 0.00649. The average molecular weight is 457 g/mol. The van der Waals surface area contributed by atoms with Crippen molar-refractivity contribution >= 4 is 5.91 Å². The summed E-state index contributed by atoms with van der Waals surface area (Å²) in [5.41, 5.74) is -0.334. The second-order valence-electron chi connectivity index (χ2n) is 7.13. The van der Waals surface area contributed by atoms with Crippen LogP contribution in [0.3, 0.4) is 0 Å². The van der Waals surface area contributed by atoms with Crippen molar-refractivity contribution in [3.05, 3.63) is 108 Å². The van der Waals surface area contributed by atoms with E-state index >= 15 is 0 Å². The Bertz CT molecular complexity index is 1290. The molecule has 33 heavy (non-hydrogen) atoms. The summed E-state index contributed by atoms with van der Waals surface area (Å²) in [5.74, 6) is -2.24. The molecule has 4 nitrogen and oxygen atoms in total. The van der Waals surface area contributed by atoms with Crippen LogP contribution in [0.25, 0.3) is 16.8 Å². The van der Waals surface area contributed by atoms with Crippen LogP contribution in [0, 0.1) is 11.6 Å². The first-order valence-corrected chi connectivity index (χ1v) is 9.76. The van der Waals surface area contributed by atoms with Gasteiger partial charge in [-0.15, -0.1) is 0 Å². The highest BCUT2D eigenvalue weighted by atomic mass is 19.4. The van der Waals surface area contributed by atoms with Gasteiger partial charge in [-0.3, -0.25) is 9.36 Å². The van der Waals surface area contributed by atoms with Gasteiger partial charge in [-0.25, -0.2) is 13.8 Å². The van der Waals surface area contributed by atoms with E-state index in [4.69, 9.17) is 0 Å². The van der Waals surface area contributed by atoms with Gasteiger partial charge in [-0.2, -0.15) is 13.2 Å². The molecule has 0 bridgehead atoms. The Kier molecular flexibility index (Phi) is 5.95. The molecule has 1 aromatic heterocycles. The molecular weight excluding hydrogens is 441 g/mol. The van der Waals surface area contributed by atoms with Crippen molar-refractivity contribution in [3.8, 4) is 16.8 Å². The normalized spacial score (nSPS) is 11.4. The van der Waals surface area contributed by atoms with Gasteiger partial charge in [0.2, 0.25) is 0 Å². The van der Waals surface area contributed by atoms with Crippen LogP contribution in [-0.2, 0) is 12.7 Å². The number of carbonyl (C=O) groups excluding carboxylic acids is 1. The number of hydrogen-bond donors (Lipinski definition) is 1. The maximum atomic E-state index is 13.8. The van der Waals surface area contributed by atoms with Crippen molar-refractivity contribution in [3.63, 3.8) is 0 Å². The topological polar surface area (TPSA) is 46.9 Å². The highest BCUT2D eigenvalue weighted by molar-refractivity contribution is 5.93. The number of hydrogen-bond acceptors (Lipinski definition) is 2. The van der Waals surface area contributed by atoms with Crippen molar-refractivity contribution in [2.24, 2.45) is 0 Å². The molecule has 9 heteroatoms. The fourth-order valence-electron chi connectivity index (χ4n) is 3.43. The van der Waals surface area contributed by atoms with Crippen molar-refractivity contribution in [2.45, 2.75) is 12.7 Å². The lowest BCUT2D eigenvalue weighted by atomic mass is 9.99. The number of amides is 1. The summed E-state index contributed by atoms with van der Waals surface area (Å²) >= 11 is 0. The molecule has 0 aliphatic carbocycles. The van der Waals surface area contributed by atoms with Crippen molar-refractivity contribution < 1.29 is 26.7 Å². The number of halogens is 5. The SMILES string of the molecule is O=C(NCc1c(F)cccc1F)c1cncn1-c1cccc(-c2ccccc2C(F)(F)F)c1. The van der Waals surface area contributed by atoms with Gasteiger partial charge in [0.1, 0.15) is 17.3 Å². The van der Waals surface area contributed by atoms with E-state index in [0.29, 0.717) is 11.3 Å². The first-order chi connectivity index (χ1) is 15.8. The predicted molar refractivity (Wildman–Crippen MR) is 112 cm³/mol. The Labute approximate surface area is 185 Å². The van der Waals surface area contributed by atoms with Gasteiger partial charge in [-0.05, 0) is 41.5 Å². The van der Waals surface area contributed by atoms with Crippen LogP contribution in [-0.4, -0.2) is 15.5 Å². The number of aromatic nitrogens is 2. The van der Waals surface area contributed by atoms with Gasteiger partial charge in [-0.1, -0.05) is 36.4 Å². The summed E-state index contributed by atoms with van der Waals surface area (Å²) in [4.78, 5) is 16.6. The molecule has 0 atom stereocenters. The molecule has 0 unspecified atom stereocenters. The van der Waals surface area contributed by atoms with E-state index in [0.717, 1.165) is 18.2 Å². The standard InChI is InChI=1S/C24H16F5N3O/c25-20-9-4-10-21(26)18(20)12-31-23(33)22-13-30-14-32(22)16-6-3-5-15(11-16)17-7-1-2-8-19(17)24(27,28)29/h1-11,13-14H,12H2,(H,31,33). The molecule has 0 aliphatic heterocycles. The summed E-state index contributed by atoms with van der Waals surface area (Å²) in [6.45, 7) is -0.387. The number of nitrogens with zero attached hydrogens (tertiary/aromatic N) is 2. The zero-order chi connectivity index (χ0) is 23.6. The fraction of sp³-hybridized carbons (Fsp3) is 0.0833. The van der Waals surface area contributed by atoms with Crippen LogP contribution in [0.5, 0.6) is 0 Å². The minimum atomic E-state index is -4.53. The smallest absolute Gasteiger partial charge is 0.346 e. The van der Waals surface area contributed by atoms with E-state index in [1.807, 2.05) is 0 Å². The molecule has 0 aliphatic rings. The van der Waals surface area contributed by atoms with Crippen LogP contribution in [0.15, 0.2) is 79.3 Å². The maximum absolute atomic E-state index is 13.8. The largest absolute Gasteiger partial charge is 0.417 e. The molecule has 1 N–H and O–H groups in total. The van der Waals surface area contributed by atoms with Crippen molar-refractivity contribution in [1.29, 1.82) is 0 Å². The van der Waals surface area contributed by atoms with Gasteiger partial charge in [0, 0.05) is 17.8 Å². The van der Waals surface area contributed by atoms with Crippen molar-refractivity contribution in [1.82, 2.24) is 14.9 Å². The van der Waals surface area contributed by atoms with Crippen molar-refractivity contribution in [2.75, 3.05) is 0 Å². The predicted octanol–water partition coefficient (Wildman–Crippen LogP) is 5.77. The Morgan fingerprint density at radius 1 is 0.939 bits per heavy atom. The maximum Gasteiger partial charge on any atom is 0.417 e. The third-order valence-corrected chi connectivity index (χ3v) is 5.03. The van der Waals surface area contributed by atoms with Gasteiger partial charge in [0.15, 0.2) is 0 Å². The second-order valence-corrected chi connectivity index (χ2v) is 7.13. The number of benzene rings is 3. The zero-order valence-electron chi connectivity index (χ0n) is 16.9. The van der Waals surface area contributed by atoms with Gasteiger partial charge in [0.25, 0.3) is 5.91 Å². The number of nitrogens with one attached hydrogen (secondary N) is 1. The lowest BCUT2D eigenvalue weighted by Crippen LogP contribution is -2.26. The van der Waals surface area contributed by atoms with E-state index in [2.05, 4.69) is 10.3 Å². The Hall–Kier alpha value is -4.01. The summed E-state index contributed by atoms with van der Waals surface area (Å²) in [6.07, 6.45) is -1.95. The van der Waals surface area contributed by atoms with Crippen LogP contribution in [0.2, 0.25) is 0 Å². The Balaban J connectivity index is 1.63. The number of alkyl halides is 3. The molecular formula is C24H16F5N3O. The lowest BCUT2D eigenvalue weighted by Gasteiger charge is -2.14. The number of carbonyl (C=O) groups is 1. The zero-order valence-corrected chi connectivity index (χ0v) is 16.9. The summed E-state index contributed by atoms with van der Waals surface area (Å²) in [6, 6.07) is 14.8. The van der Waals surface area contributed by atoms with E-state index in [9.17, 15) is 26.7 Å². The fourth-order valence-corrected chi connectivity index (χ4v) is 3.43. The molecule has 1 amide bonds. The third kappa shape index (κ3) is 4.62. The Morgan fingerprint density at radius 3 is 2.36 bits per heavy atom. The molecule has 0 spiro atoms. The molecule has 4 aromatic rings. The van der Waals surface area contributed by atoms with Crippen LogP contribution < -0.4 is 5.32 Å². The minimum Gasteiger partial charge on any atom is -0.346 e. The summed E-state index contributed by atoms with van der Waals surface area (Å²) in [7, 11) is 0. The average Bonchev–Trinajstić information content (AvgIpc) is 3.28. The second kappa shape index (κ2) is 8.85. The molecule has 1 heterocycles. The molecule has 4 rings (SSSR count). The van der Waals surface area contributed by atoms with Gasteiger partial charge in [0.05, 0.1) is 18.1 Å². The quantitative estimate of drug-likeness (QED) is 0.387.